The summed E-state index contributed by atoms with van der Waals surface area (Å²) in [7, 11) is 0. The van der Waals surface area contributed by atoms with Gasteiger partial charge in [0.15, 0.2) is 0 Å². The molecule has 1 amide bonds. The number of nitrogens with zero attached hydrogens (tertiary/aromatic N) is 2. The van der Waals surface area contributed by atoms with Gasteiger partial charge in [0.05, 0.1) is 12.1 Å². The highest BCUT2D eigenvalue weighted by Gasteiger charge is 2.24. The van der Waals surface area contributed by atoms with Crippen LogP contribution in [0.5, 0.6) is 0 Å². The van der Waals surface area contributed by atoms with Crippen LogP contribution in [-0.4, -0.2) is 21.7 Å². The van der Waals surface area contributed by atoms with Gasteiger partial charge in [0.1, 0.15) is 0 Å². The fourth-order valence-corrected chi connectivity index (χ4v) is 2.48. The first-order valence-electron chi connectivity index (χ1n) is 6.66. The van der Waals surface area contributed by atoms with E-state index < -0.39 is 0 Å². The van der Waals surface area contributed by atoms with Gasteiger partial charge in [-0.05, 0) is 24.6 Å². The van der Waals surface area contributed by atoms with Gasteiger partial charge in [0.2, 0.25) is 5.91 Å². The number of rotatable bonds is 5. The lowest BCUT2D eigenvalue weighted by Crippen LogP contribution is -2.39. The van der Waals surface area contributed by atoms with Crippen LogP contribution in [-0.2, 0) is 4.79 Å². The normalized spacial score (nSPS) is 13.8. The van der Waals surface area contributed by atoms with Gasteiger partial charge in [-0.3, -0.25) is 9.48 Å². The largest absolute Gasteiger partial charge is 0.351 e. The van der Waals surface area contributed by atoms with Gasteiger partial charge < -0.3 is 5.32 Å². The highest BCUT2D eigenvalue weighted by molar-refractivity contribution is 6.31. The zero-order chi connectivity index (χ0) is 14.5. The highest BCUT2D eigenvalue weighted by atomic mass is 35.5. The Hall–Kier alpha value is -1.81. The number of nitrogens with one attached hydrogen (secondary N) is 1. The molecule has 2 unspecified atom stereocenters. The van der Waals surface area contributed by atoms with Crippen LogP contribution in [0.4, 0.5) is 0 Å². The molecule has 5 heteroatoms. The van der Waals surface area contributed by atoms with E-state index in [1.165, 1.54) is 0 Å². The van der Waals surface area contributed by atoms with Gasteiger partial charge in [-0.1, -0.05) is 36.7 Å². The average Bonchev–Trinajstić information content (AvgIpc) is 2.95. The molecule has 0 radical (unpaired) electrons. The first kappa shape index (κ1) is 14.6. The van der Waals surface area contributed by atoms with Crippen molar-refractivity contribution >= 4 is 17.5 Å². The Labute approximate surface area is 123 Å². The first-order valence-corrected chi connectivity index (χ1v) is 7.04. The fourth-order valence-electron chi connectivity index (χ4n) is 2.24. The van der Waals surface area contributed by atoms with Crippen molar-refractivity contribution in [3.63, 3.8) is 0 Å². The van der Waals surface area contributed by atoms with Crippen LogP contribution < -0.4 is 5.32 Å². The standard InChI is InChI=1S/C15H18ClN3O/c1-3-14(20)18-11(2)15(19-10-6-9-17-19)12-7-4-5-8-13(12)16/h4-11,15H,3H2,1-2H3,(H,18,20). The Morgan fingerprint density at radius 2 is 2.15 bits per heavy atom. The Kier molecular flexibility index (Phi) is 4.79. The number of amides is 1. The summed E-state index contributed by atoms with van der Waals surface area (Å²) >= 11 is 6.30. The minimum Gasteiger partial charge on any atom is -0.351 e. The minimum absolute atomic E-state index is 0.0155. The van der Waals surface area contributed by atoms with E-state index >= 15 is 0 Å². The van der Waals surface area contributed by atoms with Crippen molar-refractivity contribution in [3.8, 4) is 0 Å². The molecule has 2 rings (SSSR count). The fraction of sp³-hybridized carbons (Fsp3) is 0.333. The molecule has 0 saturated heterocycles. The molecule has 1 N–H and O–H groups in total. The van der Waals surface area contributed by atoms with Crippen molar-refractivity contribution in [2.75, 3.05) is 0 Å². The van der Waals surface area contributed by atoms with E-state index in [9.17, 15) is 4.79 Å². The molecule has 0 saturated carbocycles. The van der Waals surface area contributed by atoms with Gasteiger partial charge in [0, 0.05) is 23.8 Å². The van der Waals surface area contributed by atoms with Crippen molar-refractivity contribution in [1.29, 1.82) is 0 Å². The minimum atomic E-state index is -0.130. The van der Waals surface area contributed by atoms with Crippen LogP contribution in [0.3, 0.4) is 0 Å². The van der Waals surface area contributed by atoms with E-state index in [0.29, 0.717) is 11.4 Å². The molecule has 0 aliphatic carbocycles. The molecule has 0 spiro atoms. The lowest BCUT2D eigenvalue weighted by Gasteiger charge is -2.26. The molecule has 2 aromatic rings. The second-order valence-electron chi connectivity index (χ2n) is 4.66. The zero-order valence-corrected chi connectivity index (χ0v) is 12.3. The molecular formula is C15H18ClN3O. The van der Waals surface area contributed by atoms with Crippen molar-refractivity contribution in [2.24, 2.45) is 0 Å². The second-order valence-corrected chi connectivity index (χ2v) is 5.07. The number of benzene rings is 1. The van der Waals surface area contributed by atoms with E-state index in [4.69, 9.17) is 11.6 Å². The Morgan fingerprint density at radius 1 is 1.40 bits per heavy atom. The molecular weight excluding hydrogens is 274 g/mol. The molecule has 1 heterocycles. The van der Waals surface area contributed by atoms with Gasteiger partial charge >= 0.3 is 0 Å². The zero-order valence-electron chi connectivity index (χ0n) is 11.6. The number of hydrogen-bond donors (Lipinski definition) is 1. The predicted octanol–water partition coefficient (Wildman–Crippen LogP) is 3.04. The summed E-state index contributed by atoms with van der Waals surface area (Å²) in [5.41, 5.74) is 0.946. The third-order valence-corrected chi connectivity index (χ3v) is 3.56. The van der Waals surface area contributed by atoms with Crippen LogP contribution in [0.1, 0.15) is 31.9 Å². The summed E-state index contributed by atoms with van der Waals surface area (Å²) in [5, 5.41) is 7.95. The van der Waals surface area contributed by atoms with Gasteiger partial charge in [0.25, 0.3) is 0 Å². The summed E-state index contributed by atoms with van der Waals surface area (Å²) < 4.78 is 1.82. The van der Waals surface area contributed by atoms with Crippen molar-refractivity contribution in [3.05, 3.63) is 53.3 Å². The van der Waals surface area contributed by atoms with Crippen LogP contribution in [0.2, 0.25) is 5.02 Å². The van der Waals surface area contributed by atoms with Crippen LogP contribution >= 0.6 is 11.6 Å². The maximum absolute atomic E-state index is 11.6. The molecule has 0 fully saturated rings. The molecule has 20 heavy (non-hydrogen) atoms. The number of carbonyl (C=O) groups is 1. The summed E-state index contributed by atoms with van der Waals surface area (Å²) in [6.07, 6.45) is 4.06. The maximum atomic E-state index is 11.6. The lowest BCUT2D eigenvalue weighted by molar-refractivity contribution is -0.121. The molecule has 0 bridgehead atoms. The molecule has 1 aromatic carbocycles. The summed E-state index contributed by atoms with van der Waals surface area (Å²) in [4.78, 5) is 11.6. The topological polar surface area (TPSA) is 46.9 Å². The Morgan fingerprint density at radius 3 is 2.75 bits per heavy atom. The van der Waals surface area contributed by atoms with Crippen LogP contribution in [0.15, 0.2) is 42.7 Å². The van der Waals surface area contributed by atoms with Gasteiger partial charge in [-0.15, -0.1) is 0 Å². The number of aromatic nitrogens is 2. The third kappa shape index (κ3) is 3.20. The van der Waals surface area contributed by atoms with Gasteiger partial charge in [-0.25, -0.2) is 0 Å². The van der Waals surface area contributed by atoms with E-state index in [-0.39, 0.29) is 18.0 Å². The Balaban J connectivity index is 2.36. The summed E-state index contributed by atoms with van der Waals surface area (Å²) in [6.45, 7) is 3.80. The quantitative estimate of drug-likeness (QED) is 0.920. The summed E-state index contributed by atoms with van der Waals surface area (Å²) in [5.74, 6) is 0.0155. The van der Waals surface area contributed by atoms with Crippen molar-refractivity contribution in [2.45, 2.75) is 32.4 Å². The molecule has 0 aliphatic rings. The SMILES string of the molecule is CCC(=O)NC(C)C(c1ccccc1Cl)n1cccn1. The molecule has 4 nitrogen and oxygen atoms in total. The molecule has 2 atom stereocenters. The van der Waals surface area contributed by atoms with E-state index in [1.807, 2.05) is 55.1 Å². The van der Waals surface area contributed by atoms with Crippen molar-refractivity contribution in [1.82, 2.24) is 15.1 Å². The first-order chi connectivity index (χ1) is 9.63. The van der Waals surface area contributed by atoms with E-state index in [0.717, 1.165) is 5.56 Å². The average molecular weight is 292 g/mol. The number of hydrogen-bond acceptors (Lipinski definition) is 2. The Bertz CT molecular complexity index is 568. The number of carbonyl (C=O) groups excluding carboxylic acids is 1. The lowest BCUT2D eigenvalue weighted by atomic mass is 10.0. The van der Waals surface area contributed by atoms with Crippen LogP contribution in [0.25, 0.3) is 0 Å². The molecule has 106 valence electrons. The number of halogens is 1. The molecule has 1 aromatic heterocycles. The van der Waals surface area contributed by atoms with Gasteiger partial charge in [-0.2, -0.15) is 5.10 Å². The van der Waals surface area contributed by atoms with Crippen molar-refractivity contribution < 1.29 is 4.79 Å². The third-order valence-electron chi connectivity index (χ3n) is 3.22. The van der Waals surface area contributed by atoms with Crippen LogP contribution in [0, 0.1) is 0 Å². The van der Waals surface area contributed by atoms with E-state index in [2.05, 4.69) is 10.4 Å². The second kappa shape index (κ2) is 6.57. The summed E-state index contributed by atoms with van der Waals surface area (Å²) in [6, 6.07) is 9.26. The monoisotopic (exact) mass is 291 g/mol. The predicted molar refractivity (Wildman–Crippen MR) is 79.7 cm³/mol. The maximum Gasteiger partial charge on any atom is 0.220 e. The molecule has 0 aliphatic heterocycles. The highest BCUT2D eigenvalue weighted by Crippen LogP contribution is 2.28. The van der Waals surface area contributed by atoms with E-state index in [1.54, 1.807) is 6.20 Å². The smallest absolute Gasteiger partial charge is 0.220 e.